The molecule has 0 atom stereocenters. The number of carbonyl (C=O) groups excluding carboxylic acids is 3. The second kappa shape index (κ2) is 9.84. The zero-order valence-electron chi connectivity index (χ0n) is 17.8. The fourth-order valence-electron chi connectivity index (χ4n) is 3.38. The summed E-state index contributed by atoms with van der Waals surface area (Å²) in [6, 6.07) is 16.2. The van der Waals surface area contributed by atoms with E-state index in [4.69, 9.17) is 9.47 Å². The third-order valence-electron chi connectivity index (χ3n) is 4.83. The number of pyridine rings is 1. The van der Waals surface area contributed by atoms with E-state index in [2.05, 4.69) is 4.98 Å². The van der Waals surface area contributed by atoms with E-state index >= 15 is 0 Å². The third-order valence-corrected chi connectivity index (χ3v) is 4.83. The first kappa shape index (κ1) is 22.0. The molecule has 0 spiro atoms. The monoisotopic (exact) mass is 420 g/mol. The van der Waals surface area contributed by atoms with Crippen LogP contribution in [0.3, 0.4) is 0 Å². The Bertz CT molecular complexity index is 1110. The molecule has 160 valence electrons. The van der Waals surface area contributed by atoms with E-state index in [0.29, 0.717) is 16.9 Å². The van der Waals surface area contributed by atoms with Gasteiger partial charge in [-0.25, -0.2) is 4.79 Å². The van der Waals surface area contributed by atoms with E-state index in [9.17, 15) is 14.4 Å². The van der Waals surface area contributed by atoms with Crippen LogP contribution in [0.25, 0.3) is 10.9 Å². The van der Waals surface area contributed by atoms with E-state index in [0.717, 1.165) is 16.5 Å². The summed E-state index contributed by atoms with van der Waals surface area (Å²) in [4.78, 5) is 43.3. The van der Waals surface area contributed by atoms with Gasteiger partial charge in [-0.2, -0.15) is 0 Å². The summed E-state index contributed by atoms with van der Waals surface area (Å²) < 4.78 is 10.3. The standard InChI is InChI=1S/C24H24N2O5/c1-4-30-22(28)14-26(18-10-6-5-7-11-18)21(27)15-31-24(29)23-16(2)19-12-8-9-13-20(19)25-17(23)3/h5-13H,4,14-15H2,1-3H3. The SMILES string of the molecule is CCOC(=O)CN(C(=O)COC(=O)c1c(C)nc2ccccc2c1C)c1ccccc1. The largest absolute Gasteiger partial charge is 0.465 e. The molecule has 1 aromatic heterocycles. The molecule has 0 fully saturated rings. The van der Waals surface area contributed by atoms with Crippen molar-refractivity contribution in [2.45, 2.75) is 20.8 Å². The van der Waals surface area contributed by atoms with Gasteiger partial charge < -0.3 is 9.47 Å². The minimum absolute atomic E-state index is 0.207. The highest BCUT2D eigenvalue weighted by atomic mass is 16.5. The number of benzene rings is 2. The minimum atomic E-state index is -0.634. The molecule has 1 heterocycles. The van der Waals surface area contributed by atoms with Crippen molar-refractivity contribution >= 4 is 34.4 Å². The molecule has 2 aromatic carbocycles. The van der Waals surface area contributed by atoms with Crippen LogP contribution < -0.4 is 4.90 Å². The lowest BCUT2D eigenvalue weighted by atomic mass is 10.0. The summed E-state index contributed by atoms with van der Waals surface area (Å²) >= 11 is 0. The van der Waals surface area contributed by atoms with Gasteiger partial charge in [-0.15, -0.1) is 0 Å². The summed E-state index contributed by atoms with van der Waals surface area (Å²) in [5, 5.41) is 0.847. The molecule has 31 heavy (non-hydrogen) atoms. The summed E-state index contributed by atoms with van der Waals surface area (Å²) in [7, 11) is 0. The molecular weight excluding hydrogens is 396 g/mol. The van der Waals surface area contributed by atoms with Gasteiger partial charge in [0.25, 0.3) is 5.91 Å². The fourth-order valence-corrected chi connectivity index (χ4v) is 3.38. The van der Waals surface area contributed by atoms with Gasteiger partial charge in [0, 0.05) is 11.1 Å². The van der Waals surface area contributed by atoms with Gasteiger partial charge in [0.15, 0.2) is 6.61 Å². The number of anilines is 1. The van der Waals surface area contributed by atoms with Crippen LogP contribution in [0.5, 0.6) is 0 Å². The third kappa shape index (κ3) is 5.06. The summed E-state index contributed by atoms with van der Waals surface area (Å²) in [5.74, 6) is -1.71. The number of aryl methyl sites for hydroxylation is 2. The lowest BCUT2D eigenvalue weighted by molar-refractivity contribution is -0.142. The normalized spacial score (nSPS) is 10.5. The molecule has 7 nitrogen and oxygen atoms in total. The number of nitrogens with zero attached hydrogens (tertiary/aromatic N) is 2. The highest BCUT2D eigenvalue weighted by molar-refractivity contribution is 6.02. The number of aromatic nitrogens is 1. The molecule has 3 aromatic rings. The molecule has 0 aliphatic rings. The Morgan fingerprint density at radius 2 is 1.61 bits per heavy atom. The van der Waals surface area contributed by atoms with E-state index < -0.39 is 24.5 Å². The maximum atomic E-state index is 12.8. The molecule has 0 saturated carbocycles. The number of para-hydroxylation sites is 2. The van der Waals surface area contributed by atoms with Crippen LogP contribution in [0.15, 0.2) is 54.6 Å². The van der Waals surface area contributed by atoms with Crippen LogP contribution in [-0.2, 0) is 19.1 Å². The van der Waals surface area contributed by atoms with Crippen molar-refractivity contribution in [3.8, 4) is 0 Å². The van der Waals surface area contributed by atoms with Crippen LogP contribution in [0, 0.1) is 13.8 Å². The van der Waals surface area contributed by atoms with Gasteiger partial charge in [0.1, 0.15) is 6.54 Å². The molecular formula is C24H24N2O5. The maximum absolute atomic E-state index is 12.8. The second-order valence-corrected chi connectivity index (χ2v) is 6.91. The van der Waals surface area contributed by atoms with Crippen molar-refractivity contribution in [1.29, 1.82) is 0 Å². The van der Waals surface area contributed by atoms with Gasteiger partial charge in [-0.05, 0) is 44.5 Å². The van der Waals surface area contributed by atoms with Crippen molar-refractivity contribution in [2.24, 2.45) is 0 Å². The molecule has 0 aliphatic carbocycles. The van der Waals surface area contributed by atoms with Crippen molar-refractivity contribution in [2.75, 3.05) is 24.7 Å². The van der Waals surface area contributed by atoms with E-state index in [1.54, 1.807) is 44.2 Å². The van der Waals surface area contributed by atoms with Gasteiger partial charge >= 0.3 is 11.9 Å². The van der Waals surface area contributed by atoms with Gasteiger partial charge in [-0.1, -0.05) is 36.4 Å². The number of rotatable bonds is 7. The Kier molecular flexibility index (Phi) is 6.97. The Labute approximate surface area is 180 Å². The Morgan fingerprint density at radius 3 is 2.32 bits per heavy atom. The average Bonchev–Trinajstić information content (AvgIpc) is 2.76. The molecule has 0 bridgehead atoms. The van der Waals surface area contributed by atoms with Crippen LogP contribution in [0.1, 0.15) is 28.5 Å². The van der Waals surface area contributed by atoms with Crippen molar-refractivity contribution in [3.05, 3.63) is 71.4 Å². The van der Waals surface area contributed by atoms with Gasteiger partial charge in [0.2, 0.25) is 0 Å². The maximum Gasteiger partial charge on any atom is 0.340 e. The molecule has 1 amide bonds. The number of hydrogen-bond acceptors (Lipinski definition) is 6. The second-order valence-electron chi connectivity index (χ2n) is 6.91. The number of carbonyl (C=O) groups is 3. The Morgan fingerprint density at radius 1 is 0.935 bits per heavy atom. The van der Waals surface area contributed by atoms with Crippen molar-refractivity contribution in [1.82, 2.24) is 4.98 Å². The Balaban J connectivity index is 1.78. The zero-order valence-corrected chi connectivity index (χ0v) is 17.8. The van der Waals surface area contributed by atoms with Gasteiger partial charge in [0.05, 0.1) is 23.4 Å². The van der Waals surface area contributed by atoms with E-state index in [1.165, 1.54) is 4.90 Å². The zero-order chi connectivity index (χ0) is 22.4. The number of amides is 1. The lowest BCUT2D eigenvalue weighted by Gasteiger charge is -2.22. The first-order valence-electron chi connectivity index (χ1n) is 9.96. The molecule has 0 N–H and O–H groups in total. The van der Waals surface area contributed by atoms with Crippen molar-refractivity contribution in [3.63, 3.8) is 0 Å². The first-order valence-corrected chi connectivity index (χ1v) is 9.96. The average molecular weight is 420 g/mol. The molecule has 0 radical (unpaired) electrons. The van der Waals surface area contributed by atoms with E-state index in [1.807, 2.05) is 31.2 Å². The Hall–Kier alpha value is -3.74. The van der Waals surface area contributed by atoms with Crippen LogP contribution in [0.2, 0.25) is 0 Å². The van der Waals surface area contributed by atoms with E-state index in [-0.39, 0.29) is 13.2 Å². The van der Waals surface area contributed by atoms with Crippen molar-refractivity contribution < 1.29 is 23.9 Å². The molecule has 0 aliphatic heterocycles. The summed E-state index contributed by atoms with van der Waals surface area (Å²) in [6.07, 6.45) is 0. The molecule has 0 unspecified atom stereocenters. The highest BCUT2D eigenvalue weighted by Gasteiger charge is 2.23. The first-order chi connectivity index (χ1) is 14.9. The quantitative estimate of drug-likeness (QED) is 0.543. The number of fused-ring (bicyclic) bond motifs is 1. The molecule has 3 rings (SSSR count). The summed E-state index contributed by atoms with van der Waals surface area (Å²) in [5.41, 5.74) is 2.90. The molecule has 7 heteroatoms. The lowest BCUT2D eigenvalue weighted by Crippen LogP contribution is -2.39. The highest BCUT2D eigenvalue weighted by Crippen LogP contribution is 2.23. The van der Waals surface area contributed by atoms with Crippen LogP contribution in [-0.4, -0.2) is 42.6 Å². The molecule has 0 saturated heterocycles. The minimum Gasteiger partial charge on any atom is -0.465 e. The summed E-state index contributed by atoms with van der Waals surface area (Å²) in [6.45, 7) is 4.67. The van der Waals surface area contributed by atoms with Gasteiger partial charge in [-0.3, -0.25) is 19.5 Å². The predicted octanol–water partition coefficient (Wildman–Crippen LogP) is 3.60. The smallest absolute Gasteiger partial charge is 0.340 e. The topological polar surface area (TPSA) is 85.8 Å². The fraction of sp³-hybridized carbons (Fsp3) is 0.250. The number of hydrogen-bond donors (Lipinski definition) is 0. The predicted molar refractivity (Wildman–Crippen MR) is 117 cm³/mol. The van der Waals surface area contributed by atoms with Crippen LogP contribution >= 0.6 is 0 Å². The number of ether oxygens (including phenoxy) is 2. The van der Waals surface area contributed by atoms with Crippen LogP contribution in [0.4, 0.5) is 5.69 Å². The number of esters is 2.